The Morgan fingerprint density at radius 3 is 2.83 bits per heavy atom. The van der Waals surface area contributed by atoms with Crippen LogP contribution in [0.15, 0.2) is 24.5 Å². The molecule has 0 spiro atoms. The standard InChI is InChI=1S/C15H19N3/c16-8-7-14-15(18-10-17-14)13-6-5-11-3-1-2-4-12(11)9-13/h5-6,9-10H,1-4,7-8,16H2,(H,17,18). The van der Waals surface area contributed by atoms with Gasteiger partial charge >= 0.3 is 0 Å². The Bertz CT molecular complexity index is 542. The number of aromatic amines is 1. The number of benzene rings is 1. The lowest BCUT2D eigenvalue weighted by Gasteiger charge is -2.16. The summed E-state index contributed by atoms with van der Waals surface area (Å²) in [6.07, 6.45) is 7.69. The zero-order valence-corrected chi connectivity index (χ0v) is 10.6. The second-order valence-electron chi connectivity index (χ2n) is 4.96. The van der Waals surface area contributed by atoms with E-state index < -0.39 is 0 Å². The largest absolute Gasteiger partial charge is 0.348 e. The van der Waals surface area contributed by atoms with Gasteiger partial charge in [-0.25, -0.2) is 4.98 Å². The summed E-state index contributed by atoms with van der Waals surface area (Å²) in [7, 11) is 0. The van der Waals surface area contributed by atoms with Crippen LogP contribution in [0.1, 0.15) is 29.7 Å². The topological polar surface area (TPSA) is 54.7 Å². The zero-order chi connectivity index (χ0) is 12.4. The minimum atomic E-state index is 0.653. The fraction of sp³-hybridized carbons (Fsp3) is 0.400. The van der Waals surface area contributed by atoms with Crippen molar-refractivity contribution in [2.75, 3.05) is 6.54 Å². The molecule has 0 amide bonds. The SMILES string of the molecule is NCCc1[nH]cnc1-c1ccc2c(c1)CCCC2. The van der Waals surface area contributed by atoms with Gasteiger partial charge in [0.25, 0.3) is 0 Å². The summed E-state index contributed by atoms with van der Waals surface area (Å²) >= 11 is 0. The highest BCUT2D eigenvalue weighted by molar-refractivity contribution is 5.63. The molecule has 1 aliphatic rings. The van der Waals surface area contributed by atoms with Crippen LogP contribution in [0.4, 0.5) is 0 Å². The molecule has 0 radical (unpaired) electrons. The molecule has 18 heavy (non-hydrogen) atoms. The van der Waals surface area contributed by atoms with Crippen LogP contribution in [-0.2, 0) is 19.3 Å². The van der Waals surface area contributed by atoms with E-state index in [1.807, 2.05) is 0 Å². The average Bonchev–Trinajstić information content (AvgIpc) is 2.87. The molecule has 3 rings (SSSR count). The van der Waals surface area contributed by atoms with Crippen LogP contribution in [-0.4, -0.2) is 16.5 Å². The number of aromatic nitrogens is 2. The van der Waals surface area contributed by atoms with Crippen LogP contribution in [0.5, 0.6) is 0 Å². The highest BCUT2D eigenvalue weighted by atomic mass is 14.9. The molecule has 1 aromatic carbocycles. The van der Waals surface area contributed by atoms with E-state index in [1.165, 1.54) is 42.4 Å². The normalized spacial score (nSPS) is 14.5. The molecule has 0 fully saturated rings. The number of imidazole rings is 1. The highest BCUT2D eigenvalue weighted by Crippen LogP contribution is 2.27. The van der Waals surface area contributed by atoms with Crippen molar-refractivity contribution in [1.29, 1.82) is 0 Å². The first-order valence-electron chi connectivity index (χ1n) is 6.73. The van der Waals surface area contributed by atoms with Gasteiger partial charge in [0.2, 0.25) is 0 Å². The van der Waals surface area contributed by atoms with Gasteiger partial charge in [-0.15, -0.1) is 0 Å². The average molecular weight is 241 g/mol. The number of H-pyrrole nitrogens is 1. The molecular formula is C15H19N3. The molecule has 0 aliphatic heterocycles. The minimum absolute atomic E-state index is 0.653. The number of nitrogens with zero attached hydrogens (tertiary/aromatic N) is 1. The molecule has 0 unspecified atom stereocenters. The Morgan fingerprint density at radius 2 is 2.00 bits per heavy atom. The van der Waals surface area contributed by atoms with Gasteiger partial charge in [-0.05, 0) is 49.4 Å². The van der Waals surface area contributed by atoms with E-state index in [-0.39, 0.29) is 0 Å². The third-order valence-corrected chi connectivity index (χ3v) is 3.73. The van der Waals surface area contributed by atoms with Crippen molar-refractivity contribution >= 4 is 0 Å². The van der Waals surface area contributed by atoms with Crippen LogP contribution in [0.25, 0.3) is 11.3 Å². The third-order valence-electron chi connectivity index (χ3n) is 3.73. The van der Waals surface area contributed by atoms with Crippen LogP contribution in [0, 0.1) is 0 Å². The first-order chi connectivity index (χ1) is 8.88. The molecule has 2 aromatic rings. The van der Waals surface area contributed by atoms with Gasteiger partial charge in [-0.1, -0.05) is 12.1 Å². The molecule has 0 atom stereocenters. The Hall–Kier alpha value is -1.61. The number of hydrogen-bond donors (Lipinski definition) is 2. The van der Waals surface area contributed by atoms with Crippen molar-refractivity contribution in [3.8, 4) is 11.3 Å². The van der Waals surface area contributed by atoms with E-state index in [1.54, 1.807) is 6.33 Å². The number of nitrogens with two attached hydrogens (primary N) is 1. The lowest BCUT2D eigenvalue weighted by molar-refractivity contribution is 0.686. The molecule has 0 bridgehead atoms. The highest BCUT2D eigenvalue weighted by Gasteiger charge is 2.13. The van der Waals surface area contributed by atoms with E-state index in [2.05, 4.69) is 28.2 Å². The summed E-state index contributed by atoms with van der Waals surface area (Å²) in [6.45, 7) is 0.653. The summed E-state index contributed by atoms with van der Waals surface area (Å²) in [5.41, 5.74) is 12.1. The maximum absolute atomic E-state index is 5.63. The summed E-state index contributed by atoms with van der Waals surface area (Å²) in [5, 5.41) is 0. The van der Waals surface area contributed by atoms with Gasteiger partial charge < -0.3 is 10.7 Å². The van der Waals surface area contributed by atoms with Gasteiger partial charge in [0.05, 0.1) is 12.0 Å². The molecule has 3 nitrogen and oxygen atoms in total. The maximum atomic E-state index is 5.63. The third kappa shape index (κ3) is 2.06. The molecule has 1 aliphatic carbocycles. The van der Waals surface area contributed by atoms with Gasteiger partial charge in [0.1, 0.15) is 0 Å². The predicted octanol–water partition coefficient (Wildman–Crippen LogP) is 2.46. The van der Waals surface area contributed by atoms with Crippen LogP contribution < -0.4 is 5.73 Å². The smallest absolute Gasteiger partial charge is 0.0929 e. The second kappa shape index (κ2) is 4.94. The van der Waals surface area contributed by atoms with Gasteiger partial charge in [0.15, 0.2) is 0 Å². The summed E-state index contributed by atoms with van der Waals surface area (Å²) in [6, 6.07) is 6.77. The number of aryl methyl sites for hydroxylation is 2. The molecule has 3 N–H and O–H groups in total. The number of hydrogen-bond acceptors (Lipinski definition) is 2. The van der Waals surface area contributed by atoms with Crippen LogP contribution >= 0.6 is 0 Å². The summed E-state index contributed by atoms with van der Waals surface area (Å²) < 4.78 is 0. The van der Waals surface area contributed by atoms with E-state index in [4.69, 9.17) is 5.73 Å². The molecule has 0 saturated heterocycles. The molecule has 94 valence electrons. The monoisotopic (exact) mass is 241 g/mol. The van der Waals surface area contributed by atoms with Crippen LogP contribution in [0.2, 0.25) is 0 Å². The van der Waals surface area contributed by atoms with Crippen LogP contribution in [0.3, 0.4) is 0 Å². The Kier molecular flexibility index (Phi) is 3.15. The van der Waals surface area contributed by atoms with Crippen molar-refractivity contribution < 1.29 is 0 Å². The van der Waals surface area contributed by atoms with Crippen molar-refractivity contribution in [2.45, 2.75) is 32.1 Å². The second-order valence-corrected chi connectivity index (χ2v) is 4.96. The molecular weight excluding hydrogens is 222 g/mol. The van der Waals surface area contributed by atoms with E-state index in [0.29, 0.717) is 6.54 Å². The maximum Gasteiger partial charge on any atom is 0.0929 e. The summed E-state index contributed by atoms with van der Waals surface area (Å²) in [5.74, 6) is 0. The summed E-state index contributed by atoms with van der Waals surface area (Å²) in [4.78, 5) is 7.64. The van der Waals surface area contributed by atoms with Gasteiger partial charge in [0, 0.05) is 17.7 Å². The van der Waals surface area contributed by atoms with Crippen molar-refractivity contribution in [1.82, 2.24) is 9.97 Å². The van der Waals surface area contributed by atoms with Crippen molar-refractivity contribution in [3.63, 3.8) is 0 Å². The molecule has 3 heteroatoms. The first kappa shape index (κ1) is 11.5. The first-order valence-corrected chi connectivity index (χ1v) is 6.73. The Labute approximate surface area is 107 Å². The fourth-order valence-corrected chi connectivity index (χ4v) is 2.79. The Morgan fingerprint density at radius 1 is 1.17 bits per heavy atom. The number of fused-ring (bicyclic) bond motifs is 1. The lowest BCUT2D eigenvalue weighted by atomic mass is 9.89. The van der Waals surface area contributed by atoms with E-state index in [9.17, 15) is 0 Å². The number of rotatable bonds is 3. The fourth-order valence-electron chi connectivity index (χ4n) is 2.79. The molecule has 1 heterocycles. The number of nitrogens with one attached hydrogen (secondary N) is 1. The van der Waals surface area contributed by atoms with Gasteiger partial charge in [-0.2, -0.15) is 0 Å². The Balaban J connectivity index is 1.98. The minimum Gasteiger partial charge on any atom is -0.348 e. The molecule has 1 aromatic heterocycles. The van der Waals surface area contributed by atoms with Crippen molar-refractivity contribution in [3.05, 3.63) is 41.3 Å². The zero-order valence-electron chi connectivity index (χ0n) is 10.6. The molecule has 0 saturated carbocycles. The lowest BCUT2D eigenvalue weighted by Crippen LogP contribution is -2.05. The van der Waals surface area contributed by atoms with E-state index >= 15 is 0 Å². The van der Waals surface area contributed by atoms with E-state index in [0.717, 1.165) is 17.8 Å². The van der Waals surface area contributed by atoms with Gasteiger partial charge in [-0.3, -0.25) is 0 Å². The predicted molar refractivity (Wildman–Crippen MR) is 73.4 cm³/mol. The van der Waals surface area contributed by atoms with Crippen molar-refractivity contribution in [2.24, 2.45) is 5.73 Å². The quantitative estimate of drug-likeness (QED) is 0.867.